The highest BCUT2D eigenvalue weighted by atomic mass is 31.2. The quantitative estimate of drug-likeness (QED) is 0.452. The molecule has 0 aliphatic rings. The van der Waals surface area contributed by atoms with Crippen molar-refractivity contribution in [1.29, 1.82) is 0 Å². The van der Waals surface area contributed by atoms with E-state index in [1.165, 1.54) is 23.8 Å². The first-order valence-corrected chi connectivity index (χ1v) is 10.5. The number of nitrogens with one attached hydrogen (secondary N) is 1. The monoisotopic (exact) mass is 414 g/mol. The van der Waals surface area contributed by atoms with Gasteiger partial charge >= 0.3 is 6.18 Å². The molecule has 0 fully saturated rings. The zero-order valence-corrected chi connectivity index (χ0v) is 16.3. The number of pyridine rings is 1. The highest BCUT2D eigenvalue weighted by molar-refractivity contribution is 7.77. The van der Waals surface area contributed by atoms with Gasteiger partial charge in [0.1, 0.15) is 5.82 Å². The average molecular weight is 414 g/mol. The standard InChI is InChI=1S/C22H18F3N2OP/c1-3-29(28,4-2)19-13-7-16(8-14-19)20-6-5-15-26-21(20)27-18-11-9-17(10-12-18)22(23,24)25/h3-15H,1-2H2,(H,26,27). The minimum Gasteiger partial charge on any atom is -0.340 e. The lowest BCUT2D eigenvalue weighted by atomic mass is 10.1. The molecule has 0 spiro atoms. The van der Waals surface area contributed by atoms with Crippen LogP contribution in [0.25, 0.3) is 11.1 Å². The second kappa shape index (κ2) is 8.10. The van der Waals surface area contributed by atoms with E-state index in [1.807, 2.05) is 18.2 Å². The van der Waals surface area contributed by atoms with Gasteiger partial charge in [-0.1, -0.05) is 37.4 Å². The largest absolute Gasteiger partial charge is 0.416 e. The third-order valence-electron chi connectivity index (χ3n) is 4.41. The molecular weight excluding hydrogens is 396 g/mol. The highest BCUT2D eigenvalue weighted by Crippen LogP contribution is 2.46. The van der Waals surface area contributed by atoms with Gasteiger partial charge in [0.25, 0.3) is 0 Å². The van der Waals surface area contributed by atoms with Crippen molar-refractivity contribution in [3.8, 4) is 11.1 Å². The molecule has 0 aliphatic heterocycles. The minimum atomic E-state index is -4.38. The van der Waals surface area contributed by atoms with Crippen molar-refractivity contribution >= 4 is 24.0 Å². The second-order valence-corrected chi connectivity index (χ2v) is 8.89. The van der Waals surface area contributed by atoms with Crippen LogP contribution in [0.3, 0.4) is 0 Å². The molecule has 1 aromatic heterocycles. The summed E-state index contributed by atoms with van der Waals surface area (Å²) in [4.78, 5) is 4.30. The number of hydrogen-bond donors (Lipinski definition) is 1. The lowest BCUT2D eigenvalue weighted by molar-refractivity contribution is -0.137. The van der Waals surface area contributed by atoms with E-state index in [4.69, 9.17) is 0 Å². The molecule has 0 saturated carbocycles. The Labute approximate surface area is 167 Å². The van der Waals surface area contributed by atoms with Gasteiger partial charge in [-0.05, 0) is 53.6 Å². The number of aromatic nitrogens is 1. The number of rotatable bonds is 6. The van der Waals surface area contributed by atoms with Crippen LogP contribution in [0.1, 0.15) is 5.56 Å². The molecular formula is C22H18F3N2OP. The first-order chi connectivity index (χ1) is 13.8. The predicted molar refractivity (Wildman–Crippen MR) is 112 cm³/mol. The molecule has 148 valence electrons. The summed E-state index contributed by atoms with van der Waals surface area (Å²) in [7, 11) is -2.83. The Morgan fingerprint density at radius 1 is 0.931 bits per heavy atom. The van der Waals surface area contributed by atoms with Crippen LogP contribution in [0.5, 0.6) is 0 Å². The lowest BCUT2D eigenvalue weighted by Crippen LogP contribution is -2.04. The Hall–Kier alpha value is -3.11. The maximum atomic E-state index is 12.7. The summed E-state index contributed by atoms with van der Waals surface area (Å²) in [5, 5.41) is 3.67. The molecule has 1 N–H and O–H groups in total. The van der Waals surface area contributed by atoms with Gasteiger partial charge < -0.3 is 9.88 Å². The van der Waals surface area contributed by atoms with Crippen LogP contribution in [0.4, 0.5) is 24.7 Å². The molecule has 0 atom stereocenters. The number of alkyl halides is 3. The Bertz CT molecular complexity index is 1060. The summed E-state index contributed by atoms with van der Waals surface area (Å²) < 4.78 is 50.9. The molecule has 0 aliphatic carbocycles. The van der Waals surface area contributed by atoms with Gasteiger partial charge in [0.05, 0.1) is 5.56 Å². The molecule has 0 radical (unpaired) electrons. The molecule has 1 heterocycles. The summed E-state index contributed by atoms with van der Waals surface area (Å²) in [5.41, 5.74) is 1.34. The normalized spacial score (nSPS) is 11.7. The summed E-state index contributed by atoms with van der Waals surface area (Å²) >= 11 is 0. The van der Waals surface area contributed by atoms with E-state index in [1.54, 1.807) is 24.4 Å². The Kier molecular flexibility index (Phi) is 5.76. The zero-order valence-electron chi connectivity index (χ0n) is 15.4. The summed E-state index contributed by atoms with van der Waals surface area (Å²) in [5.74, 6) is 3.29. The van der Waals surface area contributed by atoms with Gasteiger partial charge in [0, 0.05) is 22.8 Å². The highest BCUT2D eigenvalue weighted by Gasteiger charge is 2.30. The number of nitrogens with zero attached hydrogens (tertiary/aromatic N) is 1. The maximum Gasteiger partial charge on any atom is 0.416 e. The lowest BCUT2D eigenvalue weighted by Gasteiger charge is -2.14. The van der Waals surface area contributed by atoms with E-state index in [0.717, 1.165) is 23.3 Å². The molecule has 0 bridgehead atoms. The number of anilines is 2. The van der Waals surface area contributed by atoms with Gasteiger partial charge in [-0.2, -0.15) is 13.2 Å². The third-order valence-corrected chi connectivity index (χ3v) is 6.60. The van der Waals surface area contributed by atoms with Gasteiger partial charge in [0.15, 0.2) is 7.14 Å². The van der Waals surface area contributed by atoms with E-state index in [2.05, 4.69) is 23.5 Å². The molecule has 29 heavy (non-hydrogen) atoms. The van der Waals surface area contributed by atoms with E-state index in [9.17, 15) is 17.7 Å². The van der Waals surface area contributed by atoms with Crippen LogP contribution < -0.4 is 10.6 Å². The van der Waals surface area contributed by atoms with Crippen LogP contribution in [-0.2, 0) is 10.7 Å². The summed E-state index contributed by atoms with van der Waals surface area (Å²) in [6, 6.07) is 15.5. The van der Waals surface area contributed by atoms with Crippen LogP contribution in [0.15, 0.2) is 91.7 Å². The smallest absolute Gasteiger partial charge is 0.340 e. The van der Waals surface area contributed by atoms with E-state index in [0.29, 0.717) is 16.8 Å². The number of halogens is 3. The van der Waals surface area contributed by atoms with Crippen molar-refractivity contribution in [3.63, 3.8) is 0 Å². The molecule has 3 rings (SSSR count). The molecule has 3 nitrogen and oxygen atoms in total. The van der Waals surface area contributed by atoms with Crippen molar-refractivity contribution < 1.29 is 17.7 Å². The predicted octanol–water partition coefficient (Wildman–Crippen LogP) is 6.79. The molecule has 0 saturated heterocycles. The van der Waals surface area contributed by atoms with E-state index >= 15 is 0 Å². The number of benzene rings is 2. The summed E-state index contributed by atoms with van der Waals surface area (Å²) in [6.07, 6.45) is -2.79. The fourth-order valence-corrected chi connectivity index (χ4v) is 3.96. The number of hydrogen-bond acceptors (Lipinski definition) is 3. The average Bonchev–Trinajstić information content (AvgIpc) is 2.73. The second-order valence-electron chi connectivity index (χ2n) is 6.22. The first kappa shape index (κ1) is 20.6. The topological polar surface area (TPSA) is 42.0 Å². The molecule has 2 aromatic carbocycles. The van der Waals surface area contributed by atoms with Gasteiger partial charge in [0.2, 0.25) is 0 Å². The van der Waals surface area contributed by atoms with Crippen LogP contribution >= 0.6 is 7.14 Å². The van der Waals surface area contributed by atoms with Gasteiger partial charge in [-0.15, -0.1) is 0 Å². The third kappa shape index (κ3) is 4.49. The Morgan fingerprint density at radius 2 is 1.55 bits per heavy atom. The Balaban J connectivity index is 1.90. The van der Waals surface area contributed by atoms with Crippen molar-refractivity contribution in [3.05, 3.63) is 97.2 Å². The fourth-order valence-electron chi connectivity index (χ4n) is 2.78. The van der Waals surface area contributed by atoms with Crippen molar-refractivity contribution in [2.75, 3.05) is 5.32 Å². The molecule has 0 amide bonds. The Morgan fingerprint density at radius 3 is 2.10 bits per heavy atom. The summed E-state index contributed by atoms with van der Waals surface area (Å²) in [6.45, 7) is 7.24. The van der Waals surface area contributed by atoms with Crippen LogP contribution in [0, 0.1) is 0 Å². The van der Waals surface area contributed by atoms with Gasteiger partial charge in [-0.25, -0.2) is 4.98 Å². The van der Waals surface area contributed by atoms with Crippen LogP contribution in [0.2, 0.25) is 0 Å². The van der Waals surface area contributed by atoms with Crippen LogP contribution in [-0.4, -0.2) is 4.98 Å². The maximum absolute atomic E-state index is 12.7. The van der Waals surface area contributed by atoms with Crippen molar-refractivity contribution in [2.45, 2.75) is 6.18 Å². The first-order valence-electron chi connectivity index (χ1n) is 8.64. The minimum absolute atomic E-state index is 0.484. The van der Waals surface area contributed by atoms with Crippen molar-refractivity contribution in [1.82, 2.24) is 4.98 Å². The van der Waals surface area contributed by atoms with Crippen molar-refractivity contribution in [2.24, 2.45) is 0 Å². The fraction of sp³-hybridized carbons (Fsp3) is 0.0455. The zero-order chi connectivity index (χ0) is 21.1. The van der Waals surface area contributed by atoms with Gasteiger partial charge in [-0.3, -0.25) is 0 Å². The molecule has 7 heteroatoms. The molecule has 0 unspecified atom stereocenters. The van der Waals surface area contributed by atoms with E-state index in [-0.39, 0.29) is 0 Å². The SMILES string of the molecule is C=CP(=O)(C=C)c1ccc(-c2cccnc2Nc2ccc(C(F)(F)F)cc2)cc1. The molecule has 3 aromatic rings. The van der Waals surface area contributed by atoms with E-state index < -0.39 is 18.9 Å².